The zero-order valence-corrected chi connectivity index (χ0v) is 14.6. The first-order valence-corrected chi connectivity index (χ1v) is 9.13. The summed E-state index contributed by atoms with van der Waals surface area (Å²) in [6.07, 6.45) is 1.80. The van der Waals surface area contributed by atoms with Gasteiger partial charge in [0.25, 0.3) is 5.56 Å². The van der Waals surface area contributed by atoms with Crippen molar-refractivity contribution in [2.24, 2.45) is 0 Å². The average Bonchev–Trinajstić information content (AvgIpc) is 2.66. The summed E-state index contributed by atoms with van der Waals surface area (Å²) in [6.45, 7) is 0. The maximum absolute atomic E-state index is 13.2. The Hall–Kier alpha value is -2.73. The normalized spacial score (nSPS) is 13.5. The highest BCUT2D eigenvalue weighted by Crippen LogP contribution is 2.32. The molecule has 0 N–H and O–H groups in total. The average molecular weight is 366 g/mol. The van der Waals surface area contributed by atoms with E-state index in [4.69, 9.17) is 0 Å². The predicted molar refractivity (Wildman–Crippen MR) is 97.6 cm³/mol. The summed E-state index contributed by atoms with van der Waals surface area (Å²) in [5, 5.41) is 4.31. The minimum atomic E-state index is -0.394. The number of ketones is 1. The molecule has 0 unspecified atom stereocenters. The zero-order chi connectivity index (χ0) is 18.1. The molecule has 6 heteroatoms. The standard InChI is InChI=1S/C20H15FN2O2S/c21-13-9-11-14(12-10-13)23-20(25)19(26-15-5-2-1-3-6-15)16-7-4-8-17(24)18(16)22-23/h1-3,5-6,9-12H,4,7-8H2. The minimum Gasteiger partial charge on any atom is -0.292 e. The summed E-state index contributed by atoms with van der Waals surface area (Å²) in [5.74, 6) is -0.452. The van der Waals surface area contributed by atoms with E-state index in [9.17, 15) is 14.0 Å². The van der Waals surface area contributed by atoms with Crippen molar-refractivity contribution in [3.63, 3.8) is 0 Å². The number of carbonyl (C=O) groups excluding carboxylic acids is 1. The van der Waals surface area contributed by atoms with Gasteiger partial charge >= 0.3 is 0 Å². The van der Waals surface area contributed by atoms with Gasteiger partial charge in [-0.3, -0.25) is 9.59 Å². The molecule has 0 atom stereocenters. The molecule has 0 amide bonds. The van der Waals surface area contributed by atoms with Crippen molar-refractivity contribution >= 4 is 17.5 Å². The Labute approximate surface area is 153 Å². The van der Waals surface area contributed by atoms with Crippen molar-refractivity contribution in [2.45, 2.75) is 29.1 Å². The Bertz CT molecular complexity index is 1030. The lowest BCUT2D eigenvalue weighted by Gasteiger charge is -2.19. The number of carbonyl (C=O) groups is 1. The van der Waals surface area contributed by atoms with Gasteiger partial charge in [0.1, 0.15) is 11.5 Å². The number of Topliss-reactive ketones (excluding diaryl/α,β-unsaturated/α-hetero) is 1. The van der Waals surface area contributed by atoms with Crippen molar-refractivity contribution in [3.8, 4) is 5.69 Å². The van der Waals surface area contributed by atoms with Crippen LogP contribution in [0.1, 0.15) is 28.9 Å². The van der Waals surface area contributed by atoms with Crippen LogP contribution in [0.3, 0.4) is 0 Å². The number of hydrogen-bond acceptors (Lipinski definition) is 4. The van der Waals surface area contributed by atoms with Crippen molar-refractivity contribution < 1.29 is 9.18 Å². The quantitative estimate of drug-likeness (QED) is 0.702. The Morgan fingerprint density at radius 3 is 2.42 bits per heavy atom. The zero-order valence-electron chi connectivity index (χ0n) is 13.8. The van der Waals surface area contributed by atoms with E-state index in [1.165, 1.54) is 40.7 Å². The first kappa shape index (κ1) is 16.7. The van der Waals surface area contributed by atoms with Gasteiger partial charge in [0.2, 0.25) is 0 Å². The molecule has 1 aromatic heterocycles. The van der Waals surface area contributed by atoms with Crippen molar-refractivity contribution in [2.75, 3.05) is 0 Å². The van der Waals surface area contributed by atoms with Crippen molar-refractivity contribution in [3.05, 3.63) is 82.0 Å². The Morgan fingerprint density at radius 1 is 0.962 bits per heavy atom. The topological polar surface area (TPSA) is 52.0 Å². The molecule has 0 bridgehead atoms. The van der Waals surface area contributed by atoms with Gasteiger partial charge < -0.3 is 0 Å². The molecule has 3 aromatic rings. The lowest BCUT2D eigenvalue weighted by atomic mass is 9.95. The van der Waals surface area contributed by atoms with E-state index >= 15 is 0 Å². The van der Waals surface area contributed by atoms with E-state index in [2.05, 4.69) is 5.10 Å². The van der Waals surface area contributed by atoms with Gasteiger partial charge in [-0.1, -0.05) is 30.0 Å². The molecule has 1 heterocycles. The van der Waals surface area contributed by atoms with E-state index in [0.29, 0.717) is 29.1 Å². The van der Waals surface area contributed by atoms with E-state index in [0.717, 1.165) is 16.9 Å². The highest BCUT2D eigenvalue weighted by Gasteiger charge is 2.26. The number of nitrogens with zero attached hydrogens (tertiary/aromatic N) is 2. The molecule has 0 fully saturated rings. The summed E-state index contributed by atoms with van der Waals surface area (Å²) in [6, 6.07) is 15.1. The van der Waals surface area contributed by atoms with Crippen LogP contribution in [0.5, 0.6) is 0 Å². The summed E-state index contributed by atoms with van der Waals surface area (Å²) < 4.78 is 14.4. The van der Waals surface area contributed by atoms with Gasteiger partial charge in [0, 0.05) is 16.9 Å². The molecule has 2 aromatic carbocycles. The van der Waals surface area contributed by atoms with Gasteiger partial charge in [-0.15, -0.1) is 0 Å². The molecule has 0 radical (unpaired) electrons. The first-order chi connectivity index (χ1) is 12.6. The molecule has 4 nitrogen and oxygen atoms in total. The van der Waals surface area contributed by atoms with Gasteiger partial charge in [-0.25, -0.2) is 4.39 Å². The smallest absolute Gasteiger partial charge is 0.285 e. The molecule has 4 rings (SSSR count). The third-order valence-electron chi connectivity index (χ3n) is 4.28. The van der Waals surface area contributed by atoms with Gasteiger partial charge in [-0.05, 0) is 49.2 Å². The maximum atomic E-state index is 13.2. The van der Waals surface area contributed by atoms with Gasteiger partial charge in [0.05, 0.1) is 10.6 Å². The molecule has 0 saturated carbocycles. The SMILES string of the molecule is O=C1CCCc2c1nn(-c1ccc(F)cc1)c(=O)c2Sc1ccccc1. The van der Waals surface area contributed by atoms with Crippen LogP contribution >= 0.6 is 11.8 Å². The van der Waals surface area contributed by atoms with Gasteiger partial charge in [-0.2, -0.15) is 9.78 Å². The minimum absolute atomic E-state index is 0.0583. The van der Waals surface area contributed by atoms with Crippen LogP contribution in [0.25, 0.3) is 5.69 Å². The second-order valence-corrected chi connectivity index (χ2v) is 7.13. The monoisotopic (exact) mass is 366 g/mol. The molecule has 0 aliphatic heterocycles. The molecule has 1 aliphatic carbocycles. The van der Waals surface area contributed by atoms with Crippen molar-refractivity contribution in [1.29, 1.82) is 0 Å². The summed E-state index contributed by atoms with van der Waals surface area (Å²) >= 11 is 1.34. The molecular formula is C20H15FN2O2S. The number of benzene rings is 2. The van der Waals surface area contributed by atoms with Crippen LogP contribution in [0, 0.1) is 5.82 Å². The molecule has 0 spiro atoms. The molecular weight excluding hydrogens is 351 g/mol. The lowest BCUT2D eigenvalue weighted by Crippen LogP contribution is -2.29. The highest BCUT2D eigenvalue weighted by molar-refractivity contribution is 7.99. The fourth-order valence-electron chi connectivity index (χ4n) is 3.01. The van der Waals surface area contributed by atoms with Crippen LogP contribution in [-0.4, -0.2) is 15.6 Å². The predicted octanol–water partition coefficient (Wildman–Crippen LogP) is 4.04. The van der Waals surface area contributed by atoms with E-state index in [1.807, 2.05) is 30.3 Å². The summed E-state index contributed by atoms with van der Waals surface area (Å²) in [7, 11) is 0. The second-order valence-electron chi connectivity index (χ2n) is 6.04. The summed E-state index contributed by atoms with van der Waals surface area (Å²) in [4.78, 5) is 26.9. The number of fused-ring (bicyclic) bond motifs is 1. The Morgan fingerprint density at radius 2 is 1.69 bits per heavy atom. The third-order valence-corrected chi connectivity index (χ3v) is 5.41. The number of aromatic nitrogens is 2. The molecule has 0 saturated heterocycles. The van der Waals surface area contributed by atoms with E-state index in [1.54, 1.807) is 0 Å². The maximum Gasteiger partial charge on any atom is 0.285 e. The number of rotatable bonds is 3. The van der Waals surface area contributed by atoms with Gasteiger partial charge in [0.15, 0.2) is 5.78 Å². The lowest BCUT2D eigenvalue weighted by molar-refractivity contribution is 0.0964. The first-order valence-electron chi connectivity index (χ1n) is 8.32. The van der Waals surface area contributed by atoms with Crippen LogP contribution in [0.4, 0.5) is 4.39 Å². The van der Waals surface area contributed by atoms with E-state index < -0.39 is 5.82 Å². The van der Waals surface area contributed by atoms with Crippen molar-refractivity contribution in [1.82, 2.24) is 9.78 Å². The summed E-state index contributed by atoms with van der Waals surface area (Å²) in [5.41, 5.74) is 1.21. The largest absolute Gasteiger partial charge is 0.292 e. The van der Waals surface area contributed by atoms with Crippen LogP contribution < -0.4 is 5.56 Å². The second kappa shape index (κ2) is 6.88. The van der Waals surface area contributed by atoms with Crippen LogP contribution in [-0.2, 0) is 6.42 Å². The third kappa shape index (κ3) is 3.08. The van der Waals surface area contributed by atoms with E-state index in [-0.39, 0.29) is 11.3 Å². The fraction of sp³-hybridized carbons (Fsp3) is 0.150. The molecule has 1 aliphatic rings. The van der Waals surface area contributed by atoms with Crippen LogP contribution in [0.15, 0.2) is 69.2 Å². The molecule has 130 valence electrons. The Kier molecular flexibility index (Phi) is 4.42. The Balaban J connectivity index is 1.92. The molecule has 26 heavy (non-hydrogen) atoms. The highest BCUT2D eigenvalue weighted by atomic mass is 32.2. The number of hydrogen-bond donors (Lipinski definition) is 0. The fourth-order valence-corrected chi connectivity index (χ4v) is 4.03. The van der Waals surface area contributed by atoms with Crippen LogP contribution in [0.2, 0.25) is 0 Å². The number of halogens is 1.